The minimum Gasteiger partial charge on any atom is -0.391 e. The van der Waals surface area contributed by atoms with Crippen LogP contribution in [-0.4, -0.2) is 81.1 Å². The van der Waals surface area contributed by atoms with Crippen LogP contribution in [-0.2, 0) is 4.74 Å². The van der Waals surface area contributed by atoms with Crippen LogP contribution >= 0.6 is 11.3 Å². The van der Waals surface area contributed by atoms with Gasteiger partial charge < -0.3 is 25.0 Å². The van der Waals surface area contributed by atoms with Crippen LogP contribution < -0.4 is 15.1 Å². The second-order valence-electron chi connectivity index (χ2n) is 8.07. The average molecular weight is 467 g/mol. The second kappa shape index (κ2) is 8.21. The van der Waals surface area contributed by atoms with E-state index in [4.69, 9.17) is 14.7 Å². The molecule has 170 valence electrons. The Morgan fingerprint density at radius 3 is 2.91 bits per heavy atom. The molecule has 2 saturated heterocycles. The molecule has 12 heteroatoms. The quantitative estimate of drug-likeness (QED) is 0.460. The summed E-state index contributed by atoms with van der Waals surface area (Å²) in [5.41, 5.74) is 2.07. The number of ether oxygens (including phenoxy) is 1. The Kier molecular flexibility index (Phi) is 5.04. The van der Waals surface area contributed by atoms with Crippen molar-refractivity contribution >= 4 is 49.9 Å². The summed E-state index contributed by atoms with van der Waals surface area (Å²) in [6.45, 7) is 4.04. The molecule has 2 aliphatic rings. The first-order valence-electron chi connectivity index (χ1n) is 10.8. The molecule has 33 heavy (non-hydrogen) atoms. The van der Waals surface area contributed by atoms with Gasteiger partial charge in [-0.05, 0) is 18.6 Å². The number of hydrogen-bond acceptors (Lipinski definition) is 10. The van der Waals surface area contributed by atoms with E-state index < -0.39 is 6.10 Å². The summed E-state index contributed by atoms with van der Waals surface area (Å²) < 4.78 is 7.89. The van der Waals surface area contributed by atoms with Crippen molar-refractivity contribution in [2.24, 2.45) is 0 Å². The van der Waals surface area contributed by atoms with Crippen LogP contribution in [0.25, 0.3) is 16.0 Å². The summed E-state index contributed by atoms with van der Waals surface area (Å²) in [5, 5.41) is 18.2. The van der Waals surface area contributed by atoms with E-state index in [0.717, 1.165) is 22.9 Å². The summed E-state index contributed by atoms with van der Waals surface area (Å²) in [4.78, 5) is 31.2. The van der Waals surface area contributed by atoms with E-state index in [-0.39, 0.29) is 5.91 Å². The number of aromatic nitrogens is 5. The van der Waals surface area contributed by atoms with Gasteiger partial charge in [-0.3, -0.25) is 4.79 Å². The topological polar surface area (TPSA) is 121 Å². The SMILES string of the molecule is O=C(Nc1cc2sc(N3CCOCC3)nc2nc1N1CCC(O)C1)c1cnn2cccnc12. The molecule has 1 atom stereocenters. The van der Waals surface area contributed by atoms with Gasteiger partial charge >= 0.3 is 0 Å². The molecule has 0 radical (unpaired) electrons. The molecular formula is C21H22N8O3S. The van der Waals surface area contributed by atoms with Crippen LogP contribution in [0, 0.1) is 0 Å². The van der Waals surface area contributed by atoms with Gasteiger partial charge in [0.1, 0.15) is 5.56 Å². The zero-order valence-corrected chi connectivity index (χ0v) is 18.5. The van der Waals surface area contributed by atoms with Crippen LogP contribution in [0.3, 0.4) is 0 Å². The van der Waals surface area contributed by atoms with Gasteiger partial charge in [0.2, 0.25) is 0 Å². The molecule has 2 aliphatic heterocycles. The smallest absolute Gasteiger partial charge is 0.261 e. The standard InChI is InChI=1S/C21H22N8O3S/c30-13-2-5-28(12-13)19-15(24-20(31)14-11-23-29-4-1-3-22-18(14)29)10-16-17(25-19)26-21(33-16)27-6-8-32-9-7-27/h1,3-4,10-11,13,30H,2,5-9,12H2,(H,24,31). The third kappa shape index (κ3) is 3.75. The first-order valence-corrected chi connectivity index (χ1v) is 11.6. The molecule has 2 N–H and O–H groups in total. The van der Waals surface area contributed by atoms with Crippen molar-refractivity contribution in [2.45, 2.75) is 12.5 Å². The molecule has 0 spiro atoms. The Hall–Kier alpha value is -3.35. The third-order valence-corrected chi connectivity index (χ3v) is 6.92. The number of hydrogen-bond donors (Lipinski definition) is 2. The van der Waals surface area contributed by atoms with Gasteiger partial charge in [-0.25, -0.2) is 14.5 Å². The van der Waals surface area contributed by atoms with E-state index >= 15 is 0 Å². The monoisotopic (exact) mass is 466 g/mol. The third-order valence-electron chi connectivity index (χ3n) is 5.87. The lowest BCUT2D eigenvalue weighted by Crippen LogP contribution is -2.36. The highest BCUT2D eigenvalue weighted by Gasteiger charge is 2.27. The van der Waals surface area contributed by atoms with E-state index in [0.29, 0.717) is 61.1 Å². The van der Waals surface area contributed by atoms with Crippen LogP contribution in [0.15, 0.2) is 30.7 Å². The molecule has 0 aromatic carbocycles. The molecule has 6 rings (SSSR count). The predicted octanol–water partition coefficient (Wildman–Crippen LogP) is 1.39. The normalized spacial score (nSPS) is 19.0. The fraction of sp³-hybridized carbons (Fsp3) is 0.381. The van der Waals surface area contributed by atoms with E-state index in [1.54, 1.807) is 34.3 Å². The number of anilines is 3. The van der Waals surface area contributed by atoms with Gasteiger partial charge in [0, 0.05) is 38.6 Å². The molecule has 2 fully saturated rings. The van der Waals surface area contributed by atoms with Gasteiger partial charge in [0.05, 0.1) is 35.9 Å². The molecule has 4 aromatic heterocycles. The lowest BCUT2D eigenvalue weighted by Gasteiger charge is -2.25. The van der Waals surface area contributed by atoms with Gasteiger partial charge in [-0.1, -0.05) is 11.3 Å². The predicted molar refractivity (Wildman–Crippen MR) is 124 cm³/mol. The maximum absolute atomic E-state index is 13.2. The average Bonchev–Trinajstić information content (AvgIpc) is 3.56. The molecular weight excluding hydrogens is 444 g/mol. The summed E-state index contributed by atoms with van der Waals surface area (Å²) in [7, 11) is 0. The molecule has 11 nitrogen and oxygen atoms in total. The van der Waals surface area contributed by atoms with Gasteiger partial charge in [-0.15, -0.1) is 0 Å². The molecule has 1 amide bonds. The summed E-state index contributed by atoms with van der Waals surface area (Å²) in [6.07, 6.45) is 5.11. The van der Waals surface area contributed by atoms with Crippen LogP contribution in [0.2, 0.25) is 0 Å². The fourth-order valence-corrected chi connectivity index (χ4v) is 5.18. The Bertz CT molecular complexity index is 1330. The number of nitrogens with zero attached hydrogens (tertiary/aromatic N) is 7. The van der Waals surface area contributed by atoms with E-state index in [9.17, 15) is 9.90 Å². The Balaban J connectivity index is 1.38. The summed E-state index contributed by atoms with van der Waals surface area (Å²) >= 11 is 1.55. The van der Waals surface area contributed by atoms with Gasteiger partial charge in [0.15, 0.2) is 22.2 Å². The van der Waals surface area contributed by atoms with Crippen LogP contribution in [0.4, 0.5) is 16.6 Å². The van der Waals surface area contributed by atoms with Gasteiger partial charge in [-0.2, -0.15) is 10.1 Å². The Morgan fingerprint density at radius 1 is 1.21 bits per heavy atom. The number of carbonyl (C=O) groups is 1. The minimum atomic E-state index is -0.422. The van der Waals surface area contributed by atoms with Crippen molar-refractivity contribution in [1.29, 1.82) is 0 Å². The van der Waals surface area contributed by atoms with E-state index in [1.807, 2.05) is 11.0 Å². The zero-order chi connectivity index (χ0) is 22.4. The van der Waals surface area contributed by atoms with Crippen molar-refractivity contribution in [3.05, 3.63) is 36.3 Å². The van der Waals surface area contributed by atoms with E-state index in [1.165, 1.54) is 6.20 Å². The van der Waals surface area contributed by atoms with Crippen molar-refractivity contribution in [3.63, 3.8) is 0 Å². The number of aliphatic hydroxyl groups is 1. The lowest BCUT2D eigenvalue weighted by molar-refractivity contribution is 0.102. The van der Waals surface area contributed by atoms with Crippen molar-refractivity contribution < 1.29 is 14.6 Å². The number of β-amino-alcohol motifs (C(OH)–C–C–N with tert-alkyl or cyclic N) is 1. The largest absolute Gasteiger partial charge is 0.391 e. The molecule has 0 aliphatic carbocycles. The fourth-order valence-electron chi connectivity index (χ4n) is 4.18. The maximum Gasteiger partial charge on any atom is 0.261 e. The number of nitrogens with one attached hydrogen (secondary N) is 1. The Morgan fingerprint density at radius 2 is 2.09 bits per heavy atom. The van der Waals surface area contributed by atoms with E-state index in [2.05, 4.69) is 20.3 Å². The number of amides is 1. The number of thiazole rings is 1. The highest BCUT2D eigenvalue weighted by molar-refractivity contribution is 7.22. The second-order valence-corrected chi connectivity index (χ2v) is 9.07. The zero-order valence-electron chi connectivity index (χ0n) is 17.7. The molecule has 6 heterocycles. The maximum atomic E-state index is 13.2. The Labute approximate surface area is 192 Å². The lowest BCUT2D eigenvalue weighted by atomic mass is 10.3. The van der Waals surface area contributed by atoms with Gasteiger partial charge in [0.25, 0.3) is 5.91 Å². The first kappa shape index (κ1) is 20.3. The number of morpholine rings is 1. The number of rotatable bonds is 4. The van der Waals surface area contributed by atoms with Crippen LogP contribution in [0.1, 0.15) is 16.8 Å². The van der Waals surface area contributed by atoms with Crippen LogP contribution in [0.5, 0.6) is 0 Å². The van der Waals surface area contributed by atoms with Crippen molar-refractivity contribution in [2.75, 3.05) is 54.5 Å². The van der Waals surface area contributed by atoms with Crippen molar-refractivity contribution in [3.8, 4) is 0 Å². The molecule has 1 unspecified atom stereocenters. The molecule has 0 bridgehead atoms. The number of aliphatic hydroxyl groups excluding tert-OH is 1. The molecule has 0 saturated carbocycles. The number of fused-ring (bicyclic) bond motifs is 2. The number of pyridine rings is 1. The van der Waals surface area contributed by atoms with Crippen molar-refractivity contribution in [1.82, 2.24) is 24.6 Å². The summed E-state index contributed by atoms with van der Waals surface area (Å²) in [5.74, 6) is 0.291. The molecule has 4 aromatic rings. The highest BCUT2D eigenvalue weighted by atomic mass is 32.1. The summed E-state index contributed by atoms with van der Waals surface area (Å²) in [6, 6.07) is 3.67. The highest BCUT2D eigenvalue weighted by Crippen LogP contribution is 2.36. The number of carbonyl (C=O) groups excluding carboxylic acids is 1. The first-order chi connectivity index (χ1) is 16.2. The minimum absolute atomic E-state index is 0.316.